The highest BCUT2D eigenvalue weighted by molar-refractivity contribution is 9.10. The zero-order valence-corrected chi connectivity index (χ0v) is 12.6. The van der Waals surface area contributed by atoms with Crippen LogP contribution in [-0.2, 0) is 14.4 Å². The molecule has 0 aromatic heterocycles. The number of nitrogens with one attached hydrogen (secondary N) is 2. The number of amides is 5. The molecule has 8 nitrogen and oxygen atoms in total. The Labute approximate surface area is 132 Å². The van der Waals surface area contributed by atoms with E-state index < -0.39 is 23.8 Å². The van der Waals surface area contributed by atoms with Gasteiger partial charge in [0.15, 0.2) is 6.61 Å². The number of carbonyl (C=O) groups is 4. The van der Waals surface area contributed by atoms with Crippen LogP contribution in [0.2, 0.25) is 0 Å². The van der Waals surface area contributed by atoms with Gasteiger partial charge in [-0.1, -0.05) is 15.9 Å². The van der Waals surface area contributed by atoms with Crippen LogP contribution in [0.5, 0.6) is 5.75 Å². The monoisotopic (exact) mass is 367 g/mol. The van der Waals surface area contributed by atoms with Crippen LogP contribution in [0.4, 0.5) is 4.79 Å². The summed E-state index contributed by atoms with van der Waals surface area (Å²) in [5.41, 5.74) is 5.11. The van der Waals surface area contributed by atoms with Gasteiger partial charge in [0, 0.05) is 10.0 Å². The SMILES string of the molecule is NC(=O)COc1ccc(Br)cc1C=C1C(=O)NC(=O)NC1=O. The fourth-order valence-electron chi connectivity index (χ4n) is 1.67. The van der Waals surface area contributed by atoms with Crippen molar-refractivity contribution in [3.8, 4) is 5.75 Å². The van der Waals surface area contributed by atoms with Gasteiger partial charge in [-0.2, -0.15) is 0 Å². The number of nitrogens with two attached hydrogens (primary N) is 1. The Morgan fingerprint density at radius 1 is 1.23 bits per heavy atom. The largest absolute Gasteiger partial charge is 0.483 e. The number of ether oxygens (including phenoxy) is 1. The molecule has 0 spiro atoms. The Balaban J connectivity index is 2.38. The lowest BCUT2D eigenvalue weighted by Gasteiger charge is -2.15. The molecule has 1 aromatic carbocycles. The number of carbonyl (C=O) groups excluding carboxylic acids is 4. The van der Waals surface area contributed by atoms with Crippen LogP contribution >= 0.6 is 15.9 Å². The fraction of sp³-hybridized carbons (Fsp3) is 0.0769. The maximum absolute atomic E-state index is 11.7. The molecule has 4 N–H and O–H groups in total. The van der Waals surface area contributed by atoms with Gasteiger partial charge in [0.1, 0.15) is 11.3 Å². The Morgan fingerprint density at radius 2 is 1.86 bits per heavy atom. The molecule has 1 fully saturated rings. The van der Waals surface area contributed by atoms with Gasteiger partial charge in [0.05, 0.1) is 0 Å². The van der Waals surface area contributed by atoms with Crippen molar-refractivity contribution in [2.24, 2.45) is 5.73 Å². The molecule has 1 heterocycles. The molecule has 0 saturated carbocycles. The molecule has 2 rings (SSSR count). The highest BCUT2D eigenvalue weighted by atomic mass is 79.9. The number of halogens is 1. The zero-order valence-electron chi connectivity index (χ0n) is 11.0. The minimum atomic E-state index is -0.883. The van der Waals surface area contributed by atoms with Crippen LogP contribution in [0.1, 0.15) is 5.56 Å². The molecule has 0 unspecified atom stereocenters. The Morgan fingerprint density at radius 3 is 2.45 bits per heavy atom. The minimum Gasteiger partial charge on any atom is -0.483 e. The molecule has 114 valence electrons. The molecular weight excluding hydrogens is 358 g/mol. The van der Waals surface area contributed by atoms with E-state index in [1.54, 1.807) is 18.2 Å². The summed E-state index contributed by atoms with van der Waals surface area (Å²) in [6.45, 7) is -0.352. The quantitative estimate of drug-likeness (QED) is 0.512. The van der Waals surface area contributed by atoms with Crippen LogP contribution in [0.3, 0.4) is 0 Å². The molecule has 1 aliphatic rings. The number of hydrogen-bond donors (Lipinski definition) is 3. The van der Waals surface area contributed by atoms with Crippen LogP contribution in [-0.4, -0.2) is 30.4 Å². The van der Waals surface area contributed by atoms with Crippen molar-refractivity contribution < 1.29 is 23.9 Å². The van der Waals surface area contributed by atoms with E-state index in [0.717, 1.165) is 0 Å². The molecule has 0 radical (unpaired) electrons. The second-order valence-corrected chi connectivity index (χ2v) is 5.15. The normalized spacial score (nSPS) is 14.2. The highest BCUT2D eigenvalue weighted by Crippen LogP contribution is 2.26. The lowest BCUT2D eigenvalue weighted by atomic mass is 10.1. The third-order valence-electron chi connectivity index (χ3n) is 2.58. The van der Waals surface area contributed by atoms with E-state index in [9.17, 15) is 19.2 Å². The van der Waals surface area contributed by atoms with Crippen LogP contribution in [0.15, 0.2) is 28.2 Å². The molecular formula is C13H10BrN3O5. The van der Waals surface area contributed by atoms with Crippen LogP contribution in [0.25, 0.3) is 6.08 Å². The number of benzene rings is 1. The van der Waals surface area contributed by atoms with Gasteiger partial charge in [-0.3, -0.25) is 25.0 Å². The molecule has 22 heavy (non-hydrogen) atoms. The Hall–Kier alpha value is -2.68. The summed E-state index contributed by atoms with van der Waals surface area (Å²) in [6, 6.07) is 3.90. The van der Waals surface area contributed by atoms with Crippen LogP contribution < -0.4 is 21.1 Å². The topological polar surface area (TPSA) is 128 Å². The van der Waals surface area contributed by atoms with E-state index in [4.69, 9.17) is 10.5 Å². The van der Waals surface area contributed by atoms with Gasteiger partial charge in [0.25, 0.3) is 17.7 Å². The molecule has 1 aromatic rings. The van der Waals surface area contributed by atoms with Crippen molar-refractivity contribution >= 4 is 45.8 Å². The minimum absolute atomic E-state index is 0.256. The van der Waals surface area contributed by atoms with E-state index in [0.29, 0.717) is 10.0 Å². The van der Waals surface area contributed by atoms with Crippen molar-refractivity contribution in [3.63, 3.8) is 0 Å². The van der Waals surface area contributed by atoms with Gasteiger partial charge >= 0.3 is 6.03 Å². The van der Waals surface area contributed by atoms with E-state index >= 15 is 0 Å². The lowest BCUT2D eigenvalue weighted by Crippen LogP contribution is -2.51. The zero-order chi connectivity index (χ0) is 16.3. The number of imide groups is 2. The standard InChI is InChI=1S/C13H10BrN3O5/c14-7-1-2-9(22-5-10(15)18)6(3-7)4-8-11(19)16-13(21)17-12(8)20/h1-4H,5H2,(H2,15,18)(H2,16,17,19,20,21). The van der Waals surface area contributed by atoms with Gasteiger partial charge in [-0.25, -0.2) is 4.79 Å². The molecule has 0 bridgehead atoms. The first kappa shape index (κ1) is 15.7. The third-order valence-corrected chi connectivity index (χ3v) is 3.08. The van der Waals surface area contributed by atoms with Gasteiger partial charge in [-0.15, -0.1) is 0 Å². The van der Waals surface area contributed by atoms with Gasteiger partial charge in [-0.05, 0) is 24.3 Å². The average molecular weight is 368 g/mol. The van der Waals surface area contributed by atoms with E-state index in [-0.39, 0.29) is 17.9 Å². The van der Waals surface area contributed by atoms with Crippen molar-refractivity contribution in [2.75, 3.05) is 6.61 Å². The summed E-state index contributed by atoms with van der Waals surface area (Å²) in [6.07, 6.45) is 1.25. The van der Waals surface area contributed by atoms with E-state index in [1.807, 2.05) is 10.6 Å². The average Bonchev–Trinajstić information content (AvgIpc) is 2.41. The first-order valence-electron chi connectivity index (χ1n) is 5.96. The van der Waals surface area contributed by atoms with E-state index in [2.05, 4.69) is 15.9 Å². The Bertz CT molecular complexity index is 692. The maximum Gasteiger partial charge on any atom is 0.328 e. The lowest BCUT2D eigenvalue weighted by molar-refractivity contribution is -0.124. The second-order valence-electron chi connectivity index (χ2n) is 4.23. The second kappa shape index (κ2) is 6.39. The molecule has 0 aliphatic carbocycles. The first-order chi connectivity index (χ1) is 10.4. The summed E-state index contributed by atoms with van der Waals surface area (Å²) in [5.74, 6) is -2.06. The summed E-state index contributed by atoms with van der Waals surface area (Å²) < 4.78 is 5.88. The molecule has 1 aliphatic heterocycles. The summed E-state index contributed by atoms with van der Waals surface area (Å²) in [7, 11) is 0. The summed E-state index contributed by atoms with van der Waals surface area (Å²) >= 11 is 3.25. The number of primary amides is 1. The molecule has 0 atom stereocenters. The van der Waals surface area contributed by atoms with Crippen molar-refractivity contribution in [1.82, 2.24) is 10.6 Å². The third kappa shape index (κ3) is 3.70. The highest BCUT2D eigenvalue weighted by Gasteiger charge is 2.28. The van der Waals surface area contributed by atoms with Crippen LogP contribution in [0, 0.1) is 0 Å². The van der Waals surface area contributed by atoms with Gasteiger partial charge in [0.2, 0.25) is 0 Å². The molecule has 9 heteroatoms. The van der Waals surface area contributed by atoms with Crippen molar-refractivity contribution in [2.45, 2.75) is 0 Å². The maximum atomic E-state index is 11.7. The summed E-state index contributed by atoms with van der Waals surface area (Å²) in [4.78, 5) is 45.2. The number of barbiturate groups is 1. The number of hydrogen-bond acceptors (Lipinski definition) is 5. The number of urea groups is 1. The fourth-order valence-corrected chi connectivity index (χ4v) is 2.05. The smallest absolute Gasteiger partial charge is 0.328 e. The Kier molecular flexibility index (Phi) is 4.56. The van der Waals surface area contributed by atoms with E-state index in [1.165, 1.54) is 6.08 Å². The van der Waals surface area contributed by atoms with Crippen molar-refractivity contribution in [3.05, 3.63) is 33.8 Å². The predicted molar refractivity (Wildman–Crippen MR) is 78.5 cm³/mol. The molecule has 5 amide bonds. The first-order valence-corrected chi connectivity index (χ1v) is 6.75. The van der Waals surface area contributed by atoms with Crippen molar-refractivity contribution in [1.29, 1.82) is 0 Å². The molecule has 1 saturated heterocycles. The number of rotatable bonds is 4. The predicted octanol–water partition coefficient (Wildman–Crippen LogP) is 0.0626. The van der Waals surface area contributed by atoms with Gasteiger partial charge < -0.3 is 10.5 Å². The summed E-state index contributed by atoms with van der Waals surface area (Å²) in [5, 5.41) is 3.92.